The summed E-state index contributed by atoms with van der Waals surface area (Å²) < 4.78 is 11.2. The zero-order valence-electron chi connectivity index (χ0n) is 22.7. The zero-order chi connectivity index (χ0) is 29.5. The second-order valence-electron chi connectivity index (χ2n) is 9.60. The number of benzene rings is 5. The van der Waals surface area contributed by atoms with E-state index in [9.17, 15) is 4.79 Å². The number of carboxylic acids is 1. The normalized spacial score (nSPS) is 10.6. The van der Waals surface area contributed by atoms with Gasteiger partial charge >= 0.3 is 5.97 Å². The number of carboxylic acid groups (broad SMARTS) is 1. The second-order valence-corrected chi connectivity index (χ2v) is 10.0. The Bertz CT molecular complexity index is 1610. The van der Waals surface area contributed by atoms with Crippen LogP contribution in [0.5, 0.6) is 11.5 Å². The maximum Gasteiger partial charge on any atom is 0.341 e. The molecule has 5 N–H and O–H groups in total. The van der Waals surface area contributed by atoms with Crippen molar-refractivity contribution in [1.82, 2.24) is 0 Å². The first-order chi connectivity index (χ1) is 20.4. The van der Waals surface area contributed by atoms with E-state index in [1.807, 2.05) is 54.6 Å². The molecule has 0 saturated carbocycles. The van der Waals surface area contributed by atoms with Gasteiger partial charge in [-0.3, -0.25) is 0 Å². The molecule has 0 spiro atoms. The van der Waals surface area contributed by atoms with E-state index < -0.39 is 12.6 Å². The SMILES string of the molecule is Nc1ccc(-c2ccc(C(=CCOc3ccc(OCC(=O)O)c(Cl)c3)c3ccc(-c4ccc(N)cc4)cc3)cc2)cc1. The maximum absolute atomic E-state index is 10.8. The number of rotatable bonds is 10. The van der Waals surface area contributed by atoms with Crippen molar-refractivity contribution in [1.29, 1.82) is 0 Å². The summed E-state index contributed by atoms with van der Waals surface area (Å²) in [6.45, 7) is -0.194. The molecule has 0 atom stereocenters. The zero-order valence-corrected chi connectivity index (χ0v) is 23.4. The van der Waals surface area contributed by atoms with E-state index in [1.165, 1.54) is 0 Å². The van der Waals surface area contributed by atoms with Crippen LogP contribution in [-0.4, -0.2) is 24.3 Å². The summed E-state index contributed by atoms with van der Waals surface area (Å²) in [5.74, 6) is -0.257. The number of ether oxygens (including phenoxy) is 2. The molecule has 0 fully saturated rings. The fourth-order valence-corrected chi connectivity index (χ4v) is 4.71. The Balaban J connectivity index is 1.40. The molecule has 0 unspecified atom stereocenters. The van der Waals surface area contributed by atoms with Crippen LogP contribution in [-0.2, 0) is 4.79 Å². The number of nitrogens with two attached hydrogens (primary N) is 2. The summed E-state index contributed by atoms with van der Waals surface area (Å²) in [4.78, 5) is 10.8. The molecule has 0 saturated heterocycles. The molecule has 5 rings (SSSR count). The number of hydrogen-bond donors (Lipinski definition) is 3. The summed E-state index contributed by atoms with van der Waals surface area (Å²) in [7, 11) is 0. The lowest BCUT2D eigenvalue weighted by atomic mass is 9.94. The number of carbonyl (C=O) groups is 1. The highest BCUT2D eigenvalue weighted by molar-refractivity contribution is 6.32. The molecule has 210 valence electrons. The van der Waals surface area contributed by atoms with Crippen molar-refractivity contribution in [3.63, 3.8) is 0 Å². The third-order valence-corrected chi connectivity index (χ3v) is 6.97. The molecule has 5 aromatic carbocycles. The van der Waals surface area contributed by atoms with Gasteiger partial charge in [0.05, 0.1) is 5.02 Å². The molecule has 0 aliphatic rings. The van der Waals surface area contributed by atoms with E-state index in [4.69, 9.17) is 37.6 Å². The predicted molar refractivity (Wildman–Crippen MR) is 170 cm³/mol. The largest absolute Gasteiger partial charge is 0.489 e. The molecule has 0 aromatic heterocycles. The van der Waals surface area contributed by atoms with Crippen LogP contribution in [0.4, 0.5) is 11.4 Å². The molecule has 0 aliphatic heterocycles. The van der Waals surface area contributed by atoms with Gasteiger partial charge in [0, 0.05) is 17.4 Å². The van der Waals surface area contributed by atoms with Crippen LogP contribution < -0.4 is 20.9 Å². The van der Waals surface area contributed by atoms with Gasteiger partial charge in [-0.05, 0) is 81.4 Å². The van der Waals surface area contributed by atoms with Gasteiger partial charge < -0.3 is 26.0 Å². The molecule has 7 heteroatoms. The first-order valence-corrected chi connectivity index (χ1v) is 13.6. The van der Waals surface area contributed by atoms with Crippen LogP contribution in [0.25, 0.3) is 27.8 Å². The van der Waals surface area contributed by atoms with Crippen molar-refractivity contribution < 1.29 is 19.4 Å². The van der Waals surface area contributed by atoms with Crippen LogP contribution in [0, 0.1) is 0 Å². The highest BCUT2D eigenvalue weighted by Crippen LogP contribution is 2.31. The molecular formula is C35H29ClN2O4. The van der Waals surface area contributed by atoms with Crippen molar-refractivity contribution in [2.75, 3.05) is 24.7 Å². The molecule has 0 heterocycles. The van der Waals surface area contributed by atoms with Crippen molar-refractivity contribution in [3.8, 4) is 33.8 Å². The Morgan fingerprint density at radius 1 is 0.667 bits per heavy atom. The van der Waals surface area contributed by atoms with Crippen molar-refractivity contribution in [2.24, 2.45) is 0 Å². The molecule has 0 bridgehead atoms. The standard InChI is InChI=1S/C35H29ClN2O4/c36-33-21-31(17-18-34(33)42-22-35(39)40)41-20-19-32(27-5-1-23(2-6-27)25-9-13-29(37)14-10-25)28-7-3-24(4-8-28)26-11-15-30(38)16-12-26/h1-19,21H,20,22,37-38H2,(H,39,40). The minimum absolute atomic E-state index is 0.273. The van der Waals surface area contributed by atoms with E-state index in [0.29, 0.717) is 5.75 Å². The maximum atomic E-state index is 10.8. The quantitative estimate of drug-likeness (QED) is 0.146. The Morgan fingerprint density at radius 3 is 1.55 bits per heavy atom. The Hall–Kier alpha value is -5.20. The van der Waals surface area contributed by atoms with Crippen LogP contribution in [0.2, 0.25) is 5.02 Å². The van der Waals surface area contributed by atoms with Crippen LogP contribution >= 0.6 is 11.6 Å². The molecule has 42 heavy (non-hydrogen) atoms. The van der Waals surface area contributed by atoms with Gasteiger partial charge in [-0.25, -0.2) is 4.79 Å². The van der Waals surface area contributed by atoms with Crippen molar-refractivity contribution in [3.05, 3.63) is 137 Å². The van der Waals surface area contributed by atoms with E-state index in [-0.39, 0.29) is 17.4 Å². The van der Waals surface area contributed by atoms with Gasteiger partial charge in [-0.2, -0.15) is 0 Å². The molecule has 0 radical (unpaired) electrons. The van der Waals surface area contributed by atoms with Crippen LogP contribution in [0.3, 0.4) is 0 Å². The third kappa shape index (κ3) is 7.11. The van der Waals surface area contributed by atoms with E-state index in [1.54, 1.807) is 18.2 Å². The van der Waals surface area contributed by atoms with Crippen LogP contribution in [0.15, 0.2) is 121 Å². The van der Waals surface area contributed by atoms with Gasteiger partial charge in [0.15, 0.2) is 6.61 Å². The first kappa shape index (κ1) is 28.3. The molecule has 0 amide bonds. The van der Waals surface area contributed by atoms with Gasteiger partial charge in [-0.15, -0.1) is 0 Å². The van der Waals surface area contributed by atoms with Gasteiger partial charge in [0.2, 0.25) is 0 Å². The number of halogens is 1. The number of nitrogen functional groups attached to an aromatic ring is 2. The fourth-order valence-electron chi connectivity index (χ4n) is 4.49. The topological polar surface area (TPSA) is 108 Å². The summed E-state index contributed by atoms with van der Waals surface area (Å²) in [5, 5.41) is 9.11. The molecule has 0 aliphatic carbocycles. The number of aliphatic carboxylic acids is 1. The van der Waals surface area contributed by atoms with Gasteiger partial charge in [0.25, 0.3) is 0 Å². The summed E-state index contributed by atoms with van der Waals surface area (Å²) in [5.41, 5.74) is 20.6. The monoisotopic (exact) mass is 576 g/mol. The smallest absolute Gasteiger partial charge is 0.341 e. The first-order valence-electron chi connectivity index (χ1n) is 13.3. The highest BCUT2D eigenvalue weighted by atomic mass is 35.5. The molecule has 6 nitrogen and oxygen atoms in total. The number of anilines is 2. The van der Waals surface area contributed by atoms with Crippen LogP contribution in [0.1, 0.15) is 11.1 Å². The lowest BCUT2D eigenvalue weighted by Gasteiger charge is -2.13. The Morgan fingerprint density at radius 2 is 1.12 bits per heavy atom. The number of hydrogen-bond acceptors (Lipinski definition) is 5. The molecular weight excluding hydrogens is 548 g/mol. The van der Waals surface area contributed by atoms with E-state index >= 15 is 0 Å². The molecule has 5 aromatic rings. The van der Waals surface area contributed by atoms with E-state index in [2.05, 4.69) is 48.5 Å². The summed E-state index contributed by atoms with van der Waals surface area (Å²) in [6.07, 6.45) is 2.03. The predicted octanol–water partition coefficient (Wildman–Crippen LogP) is 7.81. The minimum Gasteiger partial charge on any atom is -0.489 e. The summed E-state index contributed by atoms with van der Waals surface area (Å²) >= 11 is 6.27. The fraction of sp³-hybridized carbons (Fsp3) is 0.0571. The lowest BCUT2D eigenvalue weighted by Crippen LogP contribution is -2.09. The average molecular weight is 577 g/mol. The minimum atomic E-state index is -1.08. The Kier molecular flexibility index (Phi) is 8.75. The van der Waals surface area contributed by atoms with Gasteiger partial charge in [-0.1, -0.05) is 84.4 Å². The van der Waals surface area contributed by atoms with E-state index in [0.717, 1.165) is 50.3 Å². The summed E-state index contributed by atoms with van der Waals surface area (Å²) in [6, 6.07) is 37.2. The second kappa shape index (κ2) is 13.0. The highest BCUT2D eigenvalue weighted by Gasteiger charge is 2.09. The van der Waals surface area contributed by atoms with Gasteiger partial charge in [0.1, 0.15) is 18.1 Å². The lowest BCUT2D eigenvalue weighted by molar-refractivity contribution is -0.139. The third-order valence-electron chi connectivity index (χ3n) is 6.67. The average Bonchev–Trinajstić information content (AvgIpc) is 3.00. The van der Waals surface area contributed by atoms with Crippen molar-refractivity contribution in [2.45, 2.75) is 0 Å². The Labute approximate surface area is 249 Å². The van der Waals surface area contributed by atoms with Crippen molar-refractivity contribution >= 4 is 34.5 Å².